The van der Waals surface area contributed by atoms with Crippen LogP contribution in [0.25, 0.3) is 11.4 Å². The maximum Gasteiger partial charge on any atom is 0.341 e. The van der Waals surface area contributed by atoms with Gasteiger partial charge in [0.05, 0.1) is 5.69 Å². The van der Waals surface area contributed by atoms with Crippen LogP contribution in [0, 0.1) is 13.8 Å². The molecule has 6 nitrogen and oxygen atoms in total. The SMILES string of the molecule is Cc1cnccc1-c1nc(C)c(C(=O)O)c(N)n1. The number of aryl methyl sites for hydroxylation is 2. The van der Waals surface area contributed by atoms with Crippen molar-refractivity contribution in [3.8, 4) is 11.4 Å². The molecule has 2 aromatic rings. The van der Waals surface area contributed by atoms with Crippen molar-refractivity contribution >= 4 is 11.8 Å². The van der Waals surface area contributed by atoms with Gasteiger partial charge in [-0.15, -0.1) is 0 Å². The number of nitrogens with two attached hydrogens (primary N) is 1. The molecule has 3 N–H and O–H groups in total. The molecule has 0 radical (unpaired) electrons. The van der Waals surface area contributed by atoms with Crippen LogP contribution in [-0.4, -0.2) is 26.0 Å². The normalized spacial score (nSPS) is 10.3. The second kappa shape index (κ2) is 4.40. The van der Waals surface area contributed by atoms with Crippen LogP contribution in [-0.2, 0) is 0 Å². The van der Waals surface area contributed by atoms with E-state index < -0.39 is 5.97 Å². The third kappa shape index (κ3) is 2.00. The number of rotatable bonds is 2. The number of nitrogens with zero attached hydrogens (tertiary/aromatic N) is 3. The lowest BCUT2D eigenvalue weighted by Gasteiger charge is -2.08. The average molecular weight is 244 g/mol. The molecule has 2 aromatic heterocycles. The summed E-state index contributed by atoms with van der Waals surface area (Å²) >= 11 is 0. The van der Waals surface area contributed by atoms with Crippen molar-refractivity contribution in [2.45, 2.75) is 13.8 Å². The Morgan fingerprint density at radius 1 is 1.33 bits per heavy atom. The first kappa shape index (κ1) is 12.0. The van der Waals surface area contributed by atoms with E-state index in [1.54, 1.807) is 25.4 Å². The molecule has 2 rings (SSSR count). The Labute approximate surface area is 104 Å². The number of carboxylic acid groups (broad SMARTS) is 1. The quantitative estimate of drug-likeness (QED) is 0.828. The van der Waals surface area contributed by atoms with E-state index in [0.29, 0.717) is 11.5 Å². The Morgan fingerprint density at radius 3 is 2.61 bits per heavy atom. The number of aromatic nitrogens is 3. The van der Waals surface area contributed by atoms with E-state index in [1.807, 2.05) is 6.92 Å². The average Bonchev–Trinajstić information content (AvgIpc) is 2.27. The van der Waals surface area contributed by atoms with Gasteiger partial charge in [-0.3, -0.25) is 4.98 Å². The van der Waals surface area contributed by atoms with Crippen molar-refractivity contribution in [1.82, 2.24) is 15.0 Å². The molecule has 0 spiro atoms. The minimum Gasteiger partial charge on any atom is -0.477 e. The van der Waals surface area contributed by atoms with Crippen LogP contribution in [0.5, 0.6) is 0 Å². The van der Waals surface area contributed by atoms with Crippen LogP contribution in [0.2, 0.25) is 0 Å². The Hall–Kier alpha value is -2.50. The standard InChI is InChI=1S/C12H12N4O2/c1-6-5-14-4-3-8(6)11-15-7(2)9(12(17)18)10(13)16-11/h3-5H,1-2H3,(H,17,18)(H2,13,15,16). The maximum absolute atomic E-state index is 11.0. The molecule has 0 atom stereocenters. The highest BCUT2D eigenvalue weighted by atomic mass is 16.4. The zero-order chi connectivity index (χ0) is 13.3. The third-order valence-corrected chi connectivity index (χ3v) is 2.59. The fourth-order valence-electron chi connectivity index (χ4n) is 1.70. The van der Waals surface area contributed by atoms with Gasteiger partial charge in [0, 0.05) is 18.0 Å². The van der Waals surface area contributed by atoms with E-state index in [1.165, 1.54) is 0 Å². The second-order valence-corrected chi connectivity index (χ2v) is 3.89. The fourth-order valence-corrected chi connectivity index (χ4v) is 1.70. The van der Waals surface area contributed by atoms with E-state index in [9.17, 15) is 4.79 Å². The number of carboxylic acids is 1. The van der Waals surface area contributed by atoms with Crippen LogP contribution in [0.3, 0.4) is 0 Å². The minimum atomic E-state index is -1.12. The van der Waals surface area contributed by atoms with Crippen LogP contribution in [0.4, 0.5) is 5.82 Å². The maximum atomic E-state index is 11.0. The molecule has 0 aromatic carbocycles. The minimum absolute atomic E-state index is 0.0267. The predicted molar refractivity (Wildman–Crippen MR) is 66.1 cm³/mol. The molecule has 0 aliphatic carbocycles. The van der Waals surface area contributed by atoms with Gasteiger partial charge in [0.15, 0.2) is 5.82 Å². The van der Waals surface area contributed by atoms with Crippen molar-refractivity contribution in [2.24, 2.45) is 0 Å². The number of anilines is 1. The van der Waals surface area contributed by atoms with Gasteiger partial charge in [-0.25, -0.2) is 14.8 Å². The first-order chi connectivity index (χ1) is 8.50. The fraction of sp³-hybridized carbons (Fsp3) is 0.167. The monoisotopic (exact) mass is 244 g/mol. The summed E-state index contributed by atoms with van der Waals surface area (Å²) in [5.74, 6) is -0.737. The van der Waals surface area contributed by atoms with E-state index in [0.717, 1.165) is 11.1 Å². The van der Waals surface area contributed by atoms with Gasteiger partial charge in [-0.1, -0.05) is 0 Å². The summed E-state index contributed by atoms with van der Waals surface area (Å²) in [6.45, 7) is 3.48. The highest BCUT2D eigenvalue weighted by Crippen LogP contribution is 2.22. The molecule has 0 aliphatic rings. The number of hydrogen-bond donors (Lipinski definition) is 2. The smallest absolute Gasteiger partial charge is 0.341 e. The number of carbonyl (C=O) groups is 1. The molecule has 0 unspecified atom stereocenters. The van der Waals surface area contributed by atoms with Crippen molar-refractivity contribution in [3.05, 3.63) is 35.3 Å². The topological polar surface area (TPSA) is 102 Å². The van der Waals surface area contributed by atoms with Gasteiger partial charge in [-0.2, -0.15) is 0 Å². The number of nitrogen functional groups attached to an aromatic ring is 1. The number of aromatic carboxylic acids is 1. The van der Waals surface area contributed by atoms with Gasteiger partial charge in [0.2, 0.25) is 0 Å². The van der Waals surface area contributed by atoms with Crippen molar-refractivity contribution < 1.29 is 9.90 Å². The summed E-state index contributed by atoms with van der Waals surface area (Å²) in [6.07, 6.45) is 3.32. The second-order valence-electron chi connectivity index (χ2n) is 3.89. The highest BCUT2D eigenvalue weighted by Gasteiger charge is 2.17. The Morgan fingerprint density at radius 2 is 2.06 bits per heavy atom. The summed E-state index contributed by atoms with van der Waals surface area (Å²) in [5, 5.41) is 8.99. The lowest BCUT2D eigenvalue weighted by atomic mass is 10.1. The van der Waals surface area contributed by atoms with Gasteiger partial charge in [-0.05, 0) is 25.5 Å². The molecule has 0 amide bonds. The Balaban J connectivity index is 2.62. The number of hydrogen-bond acceptors (Lipinski definition) is 5. The first-order valence-corrected chi connectivity index (χ1v) is 5.29. The van der Waals surface area contributed by atoms with Gasteiger partial charge in [0.1, 0.15) is 11.4 Å². The lowest BCUT2D eigenvalue weighted by molar-refractivity contribution is 0.0696. The molecule has 0 saturated carbocycles. The molecule has 0 saturated heterocycles. The zero-order valence-electron chi connectivity index (χ0n) is 10.0. The summed E-state index contributed by atoms with van der Waals surface area (Å²) in [5.41, 5.74) is 7.65. The van der Waals surface area contributed by atoms with Crippen LogP contribution in [0.1, 0.15) is 21.6 Å². The molecule has 0 fully saturated rings. The molecular formula is C12H12N4O2. The predicted octanol–water partition coefficient (Wildman–Crippen LogP) is 1.44. The van der Waals surface area contributed by atoms with Gasteiger partial charge in [0.25, 0.3) is 0 Å². The van der Waals surface area contributed by atoms with Crippen molar-refractivity contribution in [1.29, 1.82) is 0 Å². The lowest BCUT2D eigenvalue weighted by Crippen LogP contribution is -2.10. The first-order valence-electron chi connectivity index (χ1n) is 5.29. The Kier molecular flexibility index (Phi) is 2.93. The zero-order valence-corrected chi connectivity index (χ0v) is 10.0. The summed E-state index contributed by atoms with van der Waals surface area (Å²) in [7, 11) is 0. The summed E-state index contributed by atoms with van der Waals surface area (Å²) in [4.78, 5) is 23.2. The van der Waals surface area contributed by atoms with Gasteiger partial charge >= 0.3 is 5.97 Å². The number of pyridine rings is 1. The third-order valence-electron chi connectivity index (χ3n) is 2.59. The molecule has 2 heterocycles. The molecular weight excluding hydrogens is 232 g/mol. The Bertz CT molecular complexity index is 602. The summed E-state index contributed by atoms with van der Waals surface area (Å²) in [6, 6.07) is 1.77. The molecule has 18 heavy (non-hydrogen) atoms. The van der Waals surface area contributed by atoms with Gasteiger partial charge < -0.3 is 10.8 Å². The van der Waals surface area contributed by atoms with Crippen LogP contribution < -0.4 is 5.73 Å². The highest BCUT2D eigenvalue weighted by molar-refractivity contribution is 5.94. The van der Waals surface area contributed by atoms with Crippen LogP contribution >= 0.6 is 0 Å². The van der Waals surface area contributed by atoms with Crippen LogP contribution in [0.15, 0.2) is 18.5 Å². The van der Waals surface area contributed by atoms with E-state index in [2.05, 4.69) is 15.0 Å². The van der Waals surface area contributed by atoms with Crippen molar-refractivity contribution in [2.75, 3.05) is 5.73 Å². The molecule has 92 valence electrons. The molecule has 0 bridgehead atoms. The largest absolute Gasteiger partial charge is 0.477 e. The molecule has 6 heteroatoms. The summed E-state index contributed by atoms with van der Waals surface area (Å²) < 4.78 is 0. The molecule has 0 aliphatic heterocycles. The van der Waals surface area contributed by atoms with E-state index in [4.69, 9.17) is 10.8 Å². The van der Waals surface area contributed by atoms with E-state index in [-0.39, 0.29) is 11.4 Å². The van der Waals surface area contributed by atoms with E-state index >= 15 is 0 Å². The van der Waals surface area contributed by atoms with Crippen molar-refractivity contribution in [3.63, 3.8) is 0 Å².